The van der Waals surface area contributed by atoms with Gasteiger partial charge in [0.15, 0.2) is 0 Å². The van der Waals surface area contributed by atoms with Crippen LogP contribution in [0.1, 0.15) is 10.4 Å². The second-order valence-corrected chi connectivity index (χ2v) is 5.37. The number of carbonyl (C=O) groups is 2. The van der Waals surface area contributed by atoms with E-state index < -0.39 is 17.5 Å². The van der Waals surface area contributed by atoms with Crippen LogP contribution in [0.3, 0.4) is 0 Å². The highest BCUT2D eigenvalue weighted by atomic mass is 19.1. The van der Waals surface area contributed by atoms with Crippen molar-refractivity contribution in [2.75, 3.05) is 29.9 Å². The van der Waals surface area contributed by atoms with Crippen molar-refractivity contribution in [2.45, 2.75) is 0 Å². The van der Waals surface area contributed by atoms with Crippen molar-refractivity contribution in [3.8, 4) is 0 Å². The fourth-order valence-electron chi connectivity index (χ4n) is 2.56. The number of benzene rings is 2. The van der Waals surface area contributed by atoms with E-state index in [0.29, 0.717) is 30.5 Å². The monoisotopic (exact) mass is 331 g/mol. The summed E-state index contributed by atoms with van der Waals surface area (Å²) in [5.74, 6) is -2.46. The van der Waals surface area contributed by atoms with Gasteiger partial charge in [-0.3, -0.25) is 9.59 Å². The number of piperazine rings is 1. The number of para-hydroxylation sites is 2. The van der Waals surface area contributed by atoms with Crippen molar-refractivity contribution >= 4 is 23.2 Å². The van der Waals surface area contributed by atoms with Gasteiger partial charge in [-0.25, -0.2) is 8.78 Å². The van der Waals surface area contributed by atoms with Crippen molar-refractivity contribution < 1.29 is 18.4 Å². The van der Waals surface area contributed by atoms with Gasteiger partial charge < -0.3 is 15.5 Å². The van der Waals surface area contributed by atoms with Gasteiger partial charge in [-0.05, 0) is 24.3 Å². The smallest absolute Gasteiger partial charge is 0.258 e. The Labute approximate surface area is 137 Å². The molecule has 124 valence electrons. The number of nitrogens with zero attached hydrogens (tertiary/aromatic N) is 1. The summed E-state index contributed by atoms with van der Waals surface area (Å²) in [7, 11) is 0. The van der Waals surface area contributed by atoms with E-state index in [1.807, 2.05) is 4.90 Å². The highest BCUT2D eigenvalue weighted by Gasteiger charge is 2.20. The van der Waals surface area contributed by atoms with Gasteiger partial charge in [0, 0.05) is 19.2 Å². The standard InChI is InChI=1S/C17H15F2N3O2/c18-11-5-6-12(13(19)9-11)17(24)21-14-3-1-2-4-15(14)22-8-7-20-16(23)10-22/h1-6,9H,7-8,10H2,(H,20,23)(H,21,24). The first-order chi connectivity index (χ1) is 11.5. The molecule has 0 aromatic heterocycles. The Morgan fingerprint density at radius 1 is 1.17 bits per heavy atom. The average molecular weight is 331 g/mol. The minimum absolute atomic E-state index is 0.105. The fraction of sp³-hybridized carbons (Fsp3) is 0.176. The number of halogens is 2. The lowest BCUT2D eigenvalue weighted by Gasteiger charge is -2.30. The molecule has 1 fully saturated rings. The zero-order valence-electron chi connectivity index (χ0n) is 12.7. The Morgan fingerprint density at radius 2 is 1.96 bits per heavy atom. The number of hydrogen-bond acceptors (Lipinski definition) is 3. The molecule has 5 nitrogen and oxygen atoms in total. The first-order valence-electron chi connectivity index (χ1n) is 7.41. The molecule has 2 aromatic rings. The molecule has 2 N–H and O–H groups in total. The molecule has 1 saturated heterocycles. The third-order valence-corrected chi connectivity index (χ3v) is 3.71. The third kappa shape index (κ3) is 3.34. The molecule has 1 aliphatic rings. The van der Waals surface area contributed by atoms with Crippen molar-refractivity contribution in [3.63, 3.8) is 0 Å². The zero-order valence-corrected chi connectivity index (χ0v) is 12.7. The SMILES string of the molecule is O=C1CN(c2ccccc2NC(=O)c2ccc(F)cc2F)CCN1. The van der Waals surface area contributed by atoms with Crippen LogP contribution >= 0.6 is 0 Å². The number of nitrogens with one attached hydrogen (secondary N) is 2. The van der Waals surface area contributed by atoms with E-state index >= 15 is 0 Å². The molecule has 0 bridgehead atoms. The van der Waals surface area contributed by atoms with Crippen molar-refractivity contribution in [2.24, 2.45) is 0 Å². The fourth-order valence-corrected chi connectivity index (χ4v) is 2.56. The van der Waals surface area contributed by atoms with E-state index in [2.05, 4.69) is 10.6 Å². The summed E-state index contributed by atoms with van der Waals surface area (Å²) in [6.45, 7) is 1.29. The second-order valence-electron chi connectivity index (χ2n) is 5.37. The minimum Gasteiger partial charge on any atom is -0.359 e. The summed E-state index contributed by atoms with van der Waals surface area (Å²) in [6.07, 6.45) is 0. The largest absolute Gasteiger partial charge is 0.359 e. The highest BCUT2D eigenvalue weighted by molar-refractivity contribution is 6.06. The Kier molecular flexibility index (Phi) is 4.41. The zero-order chi connectivity index (χ0) is 17.1. The van der Waals surface area contributed by atoms with Gasteiger partial charge in [0.2, 0.25) is 5.91 Å². The summed E-state index contributed by atoms with van der Waals surface area (Å²) in [4.78, 5) is 25.7. The Balaban J connectivity index is 1.85. The number of amides is 2. The first-order valence-corrected chi connectivity index (χ1v) is 7.41. The van der Waals surface area contributed by atoms with E-state index in [-0.39, 0.29) is 18.0 Å². The van der Waals surface area contributed by atoms with Crippen LogP contribution in [-0.2, 0) is 4.79 Å². The highest BCUT2D eigenvalue weighted by Crippen LogP contribution is 2.26. The maximum absolute atomic E-state index is 13.7. The lowest BCUT2D eigenvalue weighted by Crippen LogP contribution is -2.47. The molecule has 1 aliphatic heterocycles. The molecular formula is C17H15F2N3O2. The lowest BCUT2D eigenvalue weighted by molar-refractivity contribution is -0.120. The van der Waals surface area contributed by atoms with Gasteiger partial charge in [0.25, 0.3) is 5.91 Å². The molecular weight excluding hydrogens is 316 g/mol. The van der Waals surface area contributed by atoms with E-state index in [0.717, 1.165) is 12.1 Å². The molecule has 0 unspecified atom stereocenters. The number of rotatable bonds is 3. The van der Waals surface area contributed by atoms with Crippen LogP contribution in [0.25, 0.3) is 0 Å². The van der Waals surface area contributed by atoms with Crippen LogP contribution in [0.15, 0.2) is 42.5 Å². The lowest BCUT2D eigenvalue weighted by atomic mass is 10.1. The van der Waals surface area contributed by atoms with Crippen LogP contribution in [0.2, 0.25) is 0 Å². The second kappa shape index (κ2) is 6.66. The normalized spacial score (nSPS) is 14.2. The van der Waals surface area contributed by atoms with E-state index in [1.165, 1.54) is 0 Å². The van der Waals surface area contributed by atoms with Gasteiger partial charge in [0.1, 0.15) is 11.6 Å². The van der Waals surface area contributed by atoms with Crippen molar-refractivity contribution in [1.29, 1.82) is 0 Å². The number of carbonyl (C=O) groups excluding carboxylic acids is 2. The predicted molar refractivity (Wildman–Crippen MR) is 86.0 cm³/mol. The Hall–Kier alpha value is -2.96. The van der Waals surface area contributed by atoms with Gasteiger partial charge >= 0.3 is 0 Å². The third-order valence-electron chi connectivity index (χ3n) is 3.71. The molecule has 0 atom stereocenters. The molecule has 2 amide bonds. The molecule has 0 radical (unpaired) electrons. The molecule has 2 aromatic carbocycles. The van der Waals surface area contributed by atoms with Crippen LogP contribution in [-0.4, -0.2) is 31.4 Å². The van der Waals surface area contributed by atoms with Crippen LogP contribution in [0.5, 0.6) is 0 Å². The number of hydrogen-bond donors (Lipinski definition) is 2. The molecule has 3 rings (SSSR count). The first kappa shape index (κ1) is 15.9. The van der Waals surface area contributed by atoms with E-state index in [1.54, 1.807) is 24.3 Å². The van der Waals surface area contributed by atoms with Crippen LogP contribution in [0, 0.1) is 11.6 Å². The molecule has 0 aliphatic carbocycles. The summed E-state index contributed by atoms with van der Waals surface area (Å²) >= 11 is 0. The van der Waals surface area contributed by atoms with Gasteiger partial charge in [-0.15, -0.1) is 0 Å². The topological polar surface area (TPSA) is 61.4 Å². The summed E-state index contributed by atoms with van der Waals surface area (Å²) < 4.78 is 26.7. The van der Waals surface area contributed by atoms with Crippen molar-refractivity contribution in [1.82, 2.24) is 5.32 Å². The average Bonchev–Trinajstić information content (AvgIpc) is 2.55. The molecule has 24 heavy (non-hydrogen) atoms. The minimum atomic E-state index is -0.928. The maximum atomic E-state index is 13.7. The molecule has 0 saturated carbocycles. The quantitative estimate of drug-likeness (QED) is 0.906. The summed E-state index contributed by atoms with van der Waals surface area (Å²) in [5, 5.41) is 5.35. The van der Waals surface area contributed by atoms with Crippen LogP contribution in [0.4, 0.5) is 20.2 Å². The maximum Gasteiger partial charge on any atom is 0.258 e. The molecule has 1 heterocycles. The number of anilines is 2. The van der Waals surface area contributed by atoms with Crippen molar-refractivity contribution in [3.05, 3.63) is 59.7 Å². The predicted octanol–water partition coefficient (Wildman–Crippen LogP) is 2.15. The summed E-state index contributed by atoms with van der Waals surface area (Å²) in [6, 6.07) is 9.74. The molecule has 7 heteroatoms. The van der Waals surface area contributed by atoms with E-state index in [4.69, 9.17) is 0 Å². The van der Waals surface area contributed by atoms with Gasteiger partial charge in [-0.1, -0.05) is 12.1 Å². The van der Waals surface area contributed by atoms with E-state index in [9.17, 15) is 18.4 Å². The Morgan fingerprint density at radius 3 is 2.71 bits per heavy atom. The Bertz CT molecular complexity index is 795. The molecule has 0 spiro atoms. The van der Waals surface area contributed by atoms with Gasteiger partial charge in [0.05, 0.1) is 23.5 Å². The summed E-state index contributed by atoms with van der Waals surface area (Å²) in [5.41, 5.74) is 0.881. The van der Waals surface area contributed by atoms with Gasteiger partial charge in [-0.2, -0.15) is 0 Å². The van der Waals surface area contributed by atoms with Crippen LogP contribution < -0.4 is 15.5 Å².